The summed E-state index contributed by atoms with van der Waals surface area (Å²) in [5.41, 5.74) is -0.961. The van der Waals surface area contributed by atoms with Crippen molar-refractivity contribution in [3.8, 4) is 0 Å². The van der Waals surface area contributed by atoms with E-state index >= 15 is 0 Å². The van der Waals surface area contributed by atoms with Crippen molar-refractivity contribution in [2.45, 2.75) is 31.7 Å². The van der Waals surface area contributed by atoms with Crippen molar-refractivity contribution < 1.29 is 22.8 Å². The Kier molecular flexibility index (Phi) is 5.18. The summed E-state index contributed by atoms with van der Waals surface area (Å²) >= 11 is 1.45. The standard InChI is InChI=1S/C19H15F3N4O2S/c20-11-5-12(21)16(13(22)6-11)17(27)10-4-14(23-7-10)18(28)24-8-15-25-26-19(29-15)9-2-1-3-9/h4-7,9,23H,1-3,8H2,(H,24,28). The van der Waals surface area contributed by atoms with Gasteiger partial charge in [-0.25, -0.2) is 13.2 Å². The highest BCUT2D eigenvalue weighted by Crippen LogP contribution is 2.37. The van der Waals surface area contributed by atoms with Gasteiger partial charge >= 0.3 is 0 Å². The molecule has 1 aromatic carbocycles. The number of nitrogens with one attached hydrogen (secondary N) is 2. The lowest BCUT2D eigenvalue weighted by molar-refractivity contribution is 0.0946. The van der Waals surface area contributed by atoms with E-state index in [4.69, 9.17) is 0 Å². The van der Waals surface area contributed by atoms with Crippen LogP contribution in [0.3, 0.4) is 0 Å². The Morgan fingerprint density at radius 1 is 1.14 bits per heavy atom. The molecule has 2 heterocycles. The van der Waals surface area contributed by atoms with E-state index in [1.54, 1.807) is 0 Å². The van der Waals surface area contributed by atoms with Crippen molar-refractivity contribution in [2.24, 2.45) is 0 Å². The minimum absolute atomic E-state index is 0.0417. The van der Waals surface area contributed by atoms with Crippen LogP contribution in [0.2, 0.25) is 0 Å². The summed E-state index contributed by atoms with van der Waals surface area (Å²) in [6, 6.07) is 2.03. The third-order valence-electron chi connectivity index (χ3n) is 4.76. The van der Waals surface area contributed by atoms with Crippen LogP contribution >= 0.6 is 11.3 Å². The molecule has 1 aliphatic carbocycles. The normalized spacial score (nSPS) is 13.9. The van der Waals surface area contributed by atoms with Gasteiger partial charge in [0.1, 0.15) is 33.2 Å². The molecule has 0 spiro atoms. The Morgan fingerprint density at radius 2 is 1.86 bits per heavy atom. The van der Waals surface area contributed by atoms with Crippen LogP contribution < -0.4 is 5.32 Å². The highest BCUT2D eigenvalue weighted by molar-refractivity contribution is 7.11. The lowest BCUT2D eigenvalue weighted by Crippen LogP contribution is -2.23. The molecule has 2 aromatic heterocycles. The van der Waals surface area contributed by atoms with E-state index in [-0.39, 0.29) is 17.8 Å². The zero-order chi connectivity index (χ0) is 20.5. The fourth-order valence-corrected chi connectivity index (χ4v) is 3.92. The predicted octanol–water partition coefficient (Wildman–Crippen LogP) is 3.71. The van der Waals surface area contributed by atoms with Gasteiger partial charge < -0.3 is 10.3 Å². The van der Waals surface area contributed by atoms with E-state index in [2.05, 4.69) is 20.5 Å². The maximum Gasteiger partial charge on any atom is 0.268 e. The summed E-state index contributed by atoms with van der Waals surface area (Å²) in [5.74, 6) is -4.78. The van der Waals surface area contributed by atoms with Crippen LogP contribution in [0.1, 0.15) is 61.6 Å². The van der Waals surface area contributed by atoms with E-state index in [1.807, 2.05) is 0 Å². The second-order valence-corrected chi connectivity index (χ2v) is 7.81. The number of ketones is 1. The van der Waals surface area contributed by atoms with Crippen molar-refractivity contribution >= 4 is 23.0 Å². The molecular formula is C19H15F3N4O2S. The Morgan fingerprint density at radius 3 is 2.52 bits per heavy atom. The molecular weight excluding hydrogens is 405 g/mol. The van der Waals surface area contributed by atoms with Gasteiger partial charge in [-0.1, -0.05) is 17.8 Å². The lowest BCUT2D eigenvalue weighted by Gasteiger charge is -2.21. The molecule has 1 saturated carbocycles. The van der Waals surface area contributed by atoms with Crippen LogP contribution in [0.4, 0.5) is 13.2 Å². The highest BCUT2D eigenvalue weighted by Gasteiger charge is 2.24. The van der Waals surface area contributed by atoms with Gasteiger partial charge in [-0.05, 0) is 18.9 Å². The molecule has 0 saturated heterocycles. The third-order valence-corrected chi connectivity index (χ3v) is 5.85. The lowest BCUT2D eigenvalue weighted by atomic mass is 9.86. The number of nitrogens with zero attached hydrogens (tertiary/aromatic N) is 2. The average molecular weight is 420 g/mol. The number of halogens is 3. The number of aromatic nitrogens is 3. The quantitative estimate of drug-likeness (QED) is 0.595. The van der Waals surface area contributed by atoms with Gasteiger partial charge in [0.2, 0.25) is 0 Å². The second kappa shape index (κ2) is 7.78. The molecule has 1 aliphatic rings. The Balaban J connectivity index is 1.42. The summed E-state index contributed by atoms with van der Waals surface area (Å²) in [5, 5.41) is 12.5. The number of hydrogen-bond donors (Lipinski definition) is 2. The molecule has 1 fully saturated rings. The molecule has 6 nitrogen and oxygen atoms in total. The zero-order valence-corrected chi connectivity index (χ0v) is 15.8. The van der Waals surface area contributed by atoms with Crippen LogP contribution in [0.15, 0.2) is 24.4 Å². The largest absolute Gasteiger partial charge is 0.356 e. The predicted molar refractivity (Wildman–Crippen MR) is 98.2 cm³/mol. The SMILES string of the molecule is O=C(NCc1nnc(C2CCC2)s1)c1cc(C(=O)c2c(F)cc(F)cc2F)c[nH]1. The van der Waals surface area contributed by atoms with Gasteiger partial charge in [-0.3, -0.25) is 9.59 Å². The van der Waals surface area contributed by atoms with Crippen molar-refractivity contribution in [1.82, 2.24) is 20.5 Å². The molecule has 3 aromatic rings. The minimum Gasteiger partial charge on any atom is -0.356 e. The van der Waals surface area contributed by atoms with E-state index in [1.165, 1.54) is 30.0 Å². The summed E-state index contributed by atoms with van der Waals surface area (Å²) in [4.78, 5) is 27.2. The number of hydrogen-bond acceptors (Lipinski definition) is 5. The maximum atomic E-state index is 13.8. The van der Waals surface area contributed by atoms with Crippen LogP contribution in [-0.4, -0.2) is 26.9 Å². The van der Waals surface area contributed by atoms with Crippen LogP contribution in [-0.2, 0) is 6.54 Å². The first kappa shape index (κ1) is 19.3. The smallest absolute Gasteiger partial charge is 0.268 e. The van der Waals surface area contributed by atoms with Crippen LogP contribution in [0, 0.1) is 17.5 Å². The van der Waals surface area contributed by atoms with Crippen LogP contribution in [0.25, 0.3) is 0 Å². The monoisotopic (exact) mass is 420 g/mol. The molecule has 0 aliphatic heterocycles. The average Bonchev–Trinajstić information content (AvgIpc) is 3.27. The summed E-state index contributed by atoms with van der Waals surface area (Å²) in [6.45, 7) is 0.173. The van der Waals surface area contributed by atoms with Crippen molar-refractivity contribution in [1.29, 1.82) is 0 Å². The number of aromatic amines is 1. The number of rotatable bonds is 6. The van der Waals surface area contributed by atoms with Gasteiger partial charge in [0.15, 0.2) is 5.78 Å². The molecule has 0 bridgehead atoms. The maximum absolute atomic E-state index is 13.8. The molecule has 0 unspecified atom stereocenters. The Hall–Kier alpha value is -3.01. The van der Waals surface area contributed by atoms with E-state index in [0.29, 0.717) is 23.1 Å². The minimum atomic E-state index is -1.31. The topological polar surface area (TPSA) is 87.7 Å². The first-order valence-corrected chi connectivity index (χ1v) is 9.72. The Labute approximate surface area is 167 Å². The first-order chi connectivity index (χ1) is 13.9. The van der Waals surface area contributed by atoms with Gasteiger partial charge in [-0.15, -0.1) is 10.2 Å². The first-order valence-electron chi connectivity index (χ1n) is 8.90. The van der Waals surface area contributed by atoms with Gasteiger partial charge in [0.05, 0.1) is 12.1 Å². The molecule has 2 N–H and O–H groups in total. The molecule has 10 heteroatoms. The summed E-state index contributed by atoms with van der Waals surface area (Å²) < 4.78 is 40.6. The van der Waals surface area contributed by atoms with Crippen molar-refractivity contribution in [3.63, 3.8) is 0 Å². The van der Waals surface area contributed by atoms with Crippen molar-refractivity contribution in [2.75, 3.05) is 0 Å². The number of benzene rings is 1. The van der Waals surface area contributed by atoms with Crippen molar-refractivity contribution in [3.05, 3.63) is 68.7 Å². The number of amides is 1. The molecule has 150 valence electrons. The summed E-state index contributed by atoms with van der Waals surface area (Å²) in [7, 11) is 0. The molecule has 29 heavy (non-hydrogen) atoms. The van der Waals surface area contributed by atoms with E-state index < -0.39 is 34.7 Å². The second-order valence-electron chi connectivity index (χ2n) is 6.72. The Bertz CT molecular complexity index is 1070. The molecule has 0 radical (unpaired) electrons. The van der Waals surface area contributed by atoms with Gasteiger partial charge in [0, 0.05) is 29.8 Å². The van der Waals surface area contributed by atoms with E-state index in [0.717, 1.165) is 17.8 Å². The number of H-pyrrole nitrogens is 1. The fraction of sp³-hybridized carbons (Fsp3) is 0.263. The number of carbonyl (C=O) groups excluding carboxylic acids is 2. The number of carbonyl (C=O) groups is 2. The third kappa shape index (κ3) is 3.93. The molecule has 1 amide bonds. The van der Waals surface area contributed by atoms with Gasteiger partial charge in [-0.2, -0.15) is 0 Å². The molecule has 0 atom stereocenters. The highest BCUT2D eigenvalue weighted by atomic mass is 32.1. The fourth-order valence-electron chi connectivity index (χ4n) is 2.97. The van der Waals surface area contributed by atoms with Gasteiger partial charge in [0.25, 0.3) is 5.91 Å². The van der Waals surface area contributed by atoms with Crippen LogP contribution in [0.5, 0.6) is 0 Å². The summed E-state index contributed by atoms with van der Waals surface area (Å²) in [6.07, 6.45) is 4.57. The molecule has 4 rings (SSSR count). The van der Waals surface area contributed by atoms with E-state index in [9.17, 15) is 22.8 Å². The zero-order valence-electron chi connectivity index (χ0n) is 15.0.